The zero-order valence-electron chi connectivity index (χ0n) is 10.2. The number of nitrogens with one attached hydrogen (secondary N) is 2. The van der Waals surface area contributed by atoms with Crippen LogP contribution in [0.3, 0.4) is 0 Å². The molecule has 98 valence electrons. The van der Waals surface area contributed by atoms with Crippen LogP contribution in [0.4, 0.5) is 24.5 Å². The Kier molecular flexibility index (Phi) is 2.57. The minimum absolute atomic E-state index is 0.266. The van der Waals surface area contributed by atoms with Gasteiger partial charge in [0.05, 0.1) is 16.9 Å². The van der Waals surface area contributed by atoms with Crippen molar-refractivity contribution in [2.75, 3.05) is 10.6 Å². The lowest BCUT2D eigenvalue weighted by molar-refractivity contribution is -0.137. The lowest BCUT2D eigenvalue weighted by Crippen LogP contribution is -2.47. The van der Waals surface area contributed by atoms with Crippen molar-refractivity contribution in [3.8, 4) is 0 Å². The number of carbonyl (C=O) groups is 1. The largest absolute Gasteiger partial charge is 0.416 e. The van der Waals surface area contributed by atoms with E-state index in [0.29, 0.717) is 16.9 Å². The van der Waals surface area contributed by atoms with Crippen molar-refractivity contribution in [3.05, 3.63) is 23.3 Å². The van der Waals surface area contributed by atoms with Crippen LogP contribution in [0, 0.1) is 6.92 Å². The average Bonchev–Trinajstić information content (AvgIpc) is 2.19. The molecule has 1 aromatic rings. The highest BCUT2D eigenvalue weighted by Crippen LogP contribution is 2.39. The third-order valence-corrected chi connectivity index (χ3v) is 2.92. The summed E-state index contributed by atoms with van der Waals surface area (Å²) in [5, 5.41) is 5.46. The molecule has 1 amide bonds. The van der Waals surface area contributed by atoms with Gasteiger partial charge in [0.25, 0.3) is 0 Å². The van der Waals surface area contributed by atoms with E-state index in [2.05, 4.69) is 10.6 Å². The quantitative estimate of drug-likeness (QED) is 0.750. The van der Waals surface area contributed by atoms with E-state index >= 15 is 0 Å². The van der Waals surface area contributed by atoms with Gasteiger partial charge in [0.15, 0.2) is 0 Å². The molecule has 0 aromatic heterocycles. The van der Waals surface area contributed by atoms with E-state index in [0.717, 1.165) is 12.1 Å². The van der Waals surface area contributed by atoms with Crippen LogP contribution in [0.15, 0.2) is 12.1 Å². The van der Waals surface area contributed by atoms with E-state index in [9.17, 15) is 18.0 Å². The fourth-order valence-corrected chi connectivity index (χ4v) is 1.88. The monoisotopic (exact) mass is 258 g/mol. The van der Waals surface area contributed by atoms with Crippen molar-refractivity contribution in [2.24, 2.45) is 0 Å². The molecule has 0 atom stereocenters. The van der Waals surface area contributed by atoms with Crippen LogP contribution in [0.2, 0.25) is 0 Å². The predicted octanol–water partition coefficient (Wildman–Crippen LogP) is 3.16. The molecule has 3 nitrogen and oxygen atoms in total. The summed E-state index contributed by atoms with van der Waals surface area (Å²) in [6.07, 6.45) is -4.40. The first-order chi connectivity index (χ1) is 8.11. The number of rotatable bonds is 0. The maximum atomic E-state index is 12.7. The van der Waals surface area contributed by atoms with Gasteiger partial charge in [0.2, 0.25) is 5.91 Å². The zero-order chi connectivity index (χ0) is 13.7. The molecule has 1 heterocycles. The summed E-state index contributed by atoms with van der Waals surface area (Å²) in [5.41, 5.74) is -0.558. The number of fused-ring (bicyclic) bond motifs is 1. The van der Waals surface area contributed by atoms with E-state index < -0.39 is 17.3 Å². The molecular weight excluding hydrogens is 245 g/mol. The number of carbonyl (C=O) groups excluding carboxylic acids is 1. The number of anilines is 2. The molecule has 0 radical (unpaired) electrons. The van der Waals surface area contributed by atoms with Crippen molar-refractivity contribution < 1.29 is 18.0 Å². The molecule has 2 rings (SSSR count). The summed E-state index contributed by atoms with van der Waals surface area (Å²) >= 11 is 0. The molecular formula is C12H13F3N2O. The molecule has 1 aliphatic heterocycles. The predicted molar refractivity (Wildman–Crippen MR) is 62.5 cm³/mol. The van der Waals surface area contributed by atoms with Gasteiger partial charge in [-0.25, -0.2) is 0 Å². The Morgan fingerprint density at radius 2 is 1.83 bits per heavy atom. The summed E-state index contributed by atoms with van der Waals surface area (Å²) in [7, 11) is 0. The van der Waals surface area contributed by atoms with Gasteiger partial charge in [-0.2, -0.15) is 13.2 Å². The molecule has 1 aromatic carbocycles. The fourth-order valence-electron chi connectivity index (χ4n) is 1.88. The Morgan fingerprint density at radius 3 is 2.39 bits per heavy atom. The summed E-state index contributed by atoms with van der Waals surface area (Å²) in [6, 6.07) is 2.04. The van der Waals surface area contributed by atoms with Gasteiger partial charge in [0.1, 0.15) is 5.54 Å². The molecule has 0 aliphatic carbocycles. The van der Waals surface area contributed by atoms with E-state index in [4.69, 9.17) is 0 Å². The number of benzene rings is 1. The van der Waals surface area contributed by atoms with Crippen LogP contribution in [0.1, 0.15) is 25.0 Å². The second kappa shape index (κ2) is 3.63. The fraction of sp³-hybridized carbons (Fsp3) is 0.417. The molecule has 0 spiro atoms. The lowest BCUT2D eigenvalue weighted by atomic mass is 9.97. The Hall–Kier alpha value is -1.72. The normalized spacial score (nSPS) is 17.8. The second-order valence-electron chi connectivity index (χ2n) is 4.92. The maximum absolute atomic E-state index is 12.7. The van der Waals surface area contributed by atoms with Gasteiger partial charge >= 0.3 is 6.18 Å². The average molecular weight is 258 g/mol. The molecule has 0 saturated carbocycles. The molecule has 0 fully saturated rings. The van der Waals surface area contributed by atoms with Gasteiger partial charge in [-0.05, 0) is 38.5 Å². The van der Waals surface area contributed by atoms with Gasteiger partial charge in [-0.3, -0.25) is 4.79 Å². The van der Waals surface area contributed by atoms with E-state index in [1.807, 2.05) is 0 Å². The lowest BCUT2D eigenvalue weighted by Gasteiger charge is -2.34. The van der Waals surface area contributed by atoms with E-state index in [-0.39, 0.29) is 5.91 Å². The Bertz CT molecular complexity index is 521. The van der Waals surface area contributed by atoms with Crippen LogP contribution < -0.4 is 10.6 Å². The molecule has 1 aliphatic rings. The van der Waals surface area contributed by atoms with Crippen LogP contribution >= 0.6 is 0 Å². The number of hydrogen-bond donors (Lipinski definition) is 2. The van der Waals surface area contributed by atoms with E-state index in [1.165, 1.54) is 6.92 Å². The third kappa shape index (κ3) is 2.02. The number of halogens is 3. The van der Waals surface area contributed by atoms with Crippen molar-refractivity contribution >= 4 is 17.3 Å². The molecule has 2 N–H and O–H groups in total. The molecule has 18 heavy (non-hydrogen) atoms. The number of alkyl halides is 3. The van der Waals surface area contributed by atoms with Gasteiger partial charge < -0.3 is 10.6 Å². The van der Waals surface area contributed by atoms with Crippen molar-refractivity contribution in [3.63, 3.8) is 0 Å². The zero-order valence-corrected chi connectivity index (χ0v) is 10.2. The van der Waals surface area contributed by atoms with Crippen LogP contribution in [0.25, 0.3) is 0 Å². The summed E-state index contributed by atoms with van der Waals surface area (Å²) in [6.45, 7) is 4.76. The summed E-state index contributed by atoms with van der Waals surface area (Å²) in [5.74, 6) is -0.266. The number of hydrogen-bond acceptors (Lipinski definition) is 2. The summed E-state index contributed by atoms with van der Waals surface area (Å²) < 4.78 is 38.1. The van der Waals surface area contributed by atoms with Gasteiger partial charge in [-0.15, -0.1) is 0 Å². The highest BCUT2D eigenvalue weighted by Gasteiger charge is 2.37. The molecule has 0 saturated heterocycles. The first-order valence-electron chi connectivity index (χ1n) is 5.43. The Labute approximate surface area is 102 Å². The topological polar surface area (TPSA) is 41.1 Å². The molecule has 0 bridgehead atoms. The highest BCUT2D eigenvalue weighted by molar-refractivity contribution is 6.06. The first-order valence-corrected chi connectivity index (χ1v) is 5.43. The summed E-state index contributed by atoms with van der Waals surface area (Å²) in [4.78, 5) is 11.7. The maximum Gasteiger partial charge on any atom is 0.416 e. The molecule has 0 unspecified atom stereocenters. The standard InChI is InChI=1S/C12H13F3N2O/c1-6-4-7(12(13,14)15)5-8-9(6)16-10(18)11(2,3)17-8/h4-5,17H,1-3H3,(H,16,18). The van der Waals surface area contributed by atoms with Gasteiger partial charge in [-0.1, -0.05) is 0 Å². The van der Waals surface area contributed by atoms with Crippen LogP contribution in [-0.2, 0) is 11.0 Å². The van der Waals surface area contributed by atoms with E-state index in [1.54, 1.807) is 13.8 Å². The third-order valence-electron chi connectivity index (χ3n) is 2.92. The molecule has 6 heteroatoms. The van der Waals surface area contributed by atoms with Gasteiger partial charge in [0, 0.05) is 0 Å². The SMILES string of the molecule is Cc1cc(C(F)(F)F)cc2c1NC(=O)C(C)(C)N2. The van der Waals surface area contributed by atoms with Crippen molar-refractivity contribution in [1.29, 1.82) is 0 Å². The minimum Gasteiger partial charge on any atom is -0.370 e. The van der Waals surface area contributed by atoms with Crippen molar-refractivity contribution in [2.45, 2.75) is 32.5 Å². The number of aryl methyl sites for hydroxylation is 1. The highest BCUT2D eigenvalue weighted by atomic mass is 19.4. The minimum atomic E-state index is -4.40. The Balaban J connectivity index is 2.55. The van der Waals surface area contributed by atoms with Crippen molar-refractivity contribution in [1.82, 2.24) is 0 Å². The number of amides is 1. The van der Waals surface area contributed by atoms with Crippen LogP contribution in [-0.4, -0.2) is 11.4 Å². The first kappa shape index (κ1) is 12.7. The Morgan fingerprint density at radius 1 is 1.22 bits per heavy atom. The van der Waals surface area contributed by atoms with Crippen LogP contribution in [0.5, 0.6) is 0 Å². The second-order valence-corrected chi connectivity index (χ2v) is 4.92. The smallest absolute Gasteiger partial charge is 0.370 e.